The standard InChI is InChI=1S/C18H18F2N2O4/c1-22(11-16(23)21-12-6-5-7-13(10-12)25-2)17(24)14-8-3-4-9-15(14)26-18(19)20/h3-10,18H,11H2,1-2H3,(H,21,23). The molecule has 2 aromatic rings. The van der Waals surface area contributed by atoms with E-state index in [0.717, 1.165) is 4.90 Å². The minimum atomic E-state index is -3.05. The molecule has 0 saturated carbocycles. The SMILES string of the molecule is COc1cccc(NC(=O)CN(C)C(=O)c2ccccc2OC(F)F)c1. The summed E-state index contributed by atoms with van der Waals surface area (Å²) in [4.78, 5) is 25.7. The topological polar surface area (TPSA) is 67.9 Å². The number of rotatable bonds is 7. The first-order chi connectivity index (χ1) is 12.4. The van der Waals surface area contributed by atoms with Gasteiger partial charge in [0.2, 0.25) is 5.91 Å². The quantitative estimate of drug-likeness (QED) is 0.820. The molecule has 0 radical (unpaired) electrons. The van der Waals surface area contributed by atoms with Gasteiger partial charge in [0.1, 0.15) is 11.5 Å². The van der Waals surface area contributed by atoms with Crippen molar-refractivity contribution in [3.8, 4) is 11.5 Å². The summed E-state index contributed by atoms with van der Waals surface area (Å²) in [5, 5.41) is 2.64. The van der Waals surface area contributed by atoms with Gasteiger partial charge < -0.3 is 19.7 Å². The molecule has 0 heterocycles. The highest BCUT2D eigenvalue weighted by Gasteiger charge is 2.20. The second-order valence-electron chi connectivity index (χ2n) is 5.32. The number of nitrogens with one attached hydrogen (secondary N) is 1. The van der Waals surface area contributed by atoms with E-state index < -0.39 is 18.4 Å². The smallest absolute Gasteiger partial charge is 0.387 e. The normalized spacial score (nSPS) is 10.3. The number of ether oxygens (including phenoxy) is 2. The molecule has 0 atom stereocenters. The number of carbonyl (C=O) groups excluding carboxylic acids is 2. The third-order valence-corrected chi connectivity index (χ3v) is 3.41. The molecule has 0 spiro atoms. The number of anilines is 1. The summed E-state index contributed by atoms with van der Waals surface area (Å²) in [5.74, 6) is -0.721. The Morgan fingerprint density at radius 1 is 1.15 bits per heavy atom. The molecule has 0 aromatic heterocycles. The Morgan fingerprint density at radius 2 is 1.88 bits per heavy atom. The molecule has 0 fully saturated rings. The second kappa shape index (κ2) is 8.80. The van der Waals surface area contributed by atoms with Crippen LogP contribution in [0, 0.1) is 0 Å². The van der Waals surface area contributed by atoms with E-state index in [1.807, 2.05) is 0 Å². The van der Waals surface area contributed by atoms with Gasteiger partial charge in [-0.15, -0.1) is 0 Å². The predicted molar refractivity (Wildman–Crippen MR) is 91.7 cm³/mol. The number of carbonyl (C=O) groups is 2. The van der Waals surface area contributed by atoms with Gasteiger partial charge in [0.25, 0.3) is 5.91 Å². The van der Waals surface area contributed by atoms with Crippen LogP contribution in [0.25, 0.3) is 0 Å². The number of likely N-dealkylation sites (N-methyl/N-ethyl adjacent to an activating group) is 1. The molecule has 138 valence electrons. The zero-order chi connectivity index (χ0) is 19.1. The molecule has 0 saturated heterocycles. The van der Waals surface area contributed by atoms with Crippen molar-refractivity contribution in [3.63, 3.8) is 0 Å². The number of para-hydroxylation sites is 1. The molecule has 0 unspecified atom stereocenters. The lowest BCUT2D eigenvalue weighted by molar-refractivity contribution is -0.116. The van der Waals surface area contributed by atoms with Crippen molar-refractivity contribution in [2.75, 3.05) is 26.0 Å². The lowest BCUT2D eigenvalue weighted by Crippen LogP contribution is -2.35. The molecule has 2 amide bonds. The zero-order valence-corrected chi connectivity index (χ0v) is 14.2. The van der Waals surface area contributed by atoms with Gasteiger partial charge in [-0.1, -0.05) is 18.2 Å². The molecular formula is C18H18F2N2O4. The van der Waals surface area contributed by atoms with Crippen LogP contribution in [0.15, 0.2) is 48.5 Å². The molecule has 26 heavy (non-hydrogen) atoms. The van der Waals surface area contributed by atoms with Gasteiger partial charge in [-0.3, -0.25) is 9.59 Å². The van der Waals surface area contributed by atoms with Crippen molar-refractivity contribution in [2.24, 2.45) is 0 Å². The van der Waals surface area contributed by atoms with Crippen molar-refractivity contribution in [1.29, 1.82) is 0 Å². The highest BCUT2D eigenvalue weighted by molar-refractivity contribution is 6.00. The van der Waals surface area contributed by atoms with E-state index in [1.165, 1.54) is 38.4 Å². The van der Waals surface area contributed by atoms with Crippen LogP contribution in [-0.2, 0) is 4.79 Å². The average molecular weight is 364 g/mol. The molecule has 2 aromatic carbocycles. The molecule has 6 nitrogen and oxygen atoms in total. The summed E-state index contributed by atoms with van der Waals surface area (Å²) in [6, 6.07) is 12.4. The number of amides is 2. The van der Waals surface area contributed by atoms with Crippen molar-refractivity contribution >= 4 is 17.5 Å². The van der Waals surface area contributed by atoms with Crippen LogP contribution in [0.3, 0.4) is 0 Å². The zero-order valence-electron chi connectivity index (χ0n) is 14.2. The first-order valence-corrected chi connectivity index (χ1v) is 7.64. The fourth-order valence-electron chi connectivity index (χ4n) is 2.24. The van der Waals surface area contributed by atoms with Crippen LogP contribution >= 0.6 is 0 Å². The van der Waals surface area contributed by atoms with Crippen LogP contribution < -0.4 is 14.8 Å². The Labute approximate surface area is 149 Å². The molecule has 0 aliphatic rings. The Bertz CT molecular complexity index is 783. The van der Waals surface area contributed by atoms with Crippen LogP contribution in [0.4, 0.5) is 14.5 Å². The molecule has 0 bridgehead atoms. The van der Waals surface area contributed by atoms with E-state index in [2.05, 4.69) is 10.1 Å². The average Bonchev–Trinajstić information content (AvgIpc) is 2.61. The summed E-state index contributed by atoms with van der Waals surface area (Å²) < 4.78 is 34.3. The number of methoxy groups -OCH3 is 1. The molecular weight excluding hydrogens is 346 g/mol. The first-order valence-electron chi connectivity index (χ1n) is 7.64. The van der Waals surface area contributed by atoms with Crippen LogP contribution in [-0.4, -0.2) is 44.0 Å². The minimum Gasteiger partial charge on any atom is -0.497 e. The number of hydrogen-bond donors (Lipinski definition) is 1. The van der Waals surface area contributed by atoms with Gasteiger partial charge >= 0.3 is 6.61 Å². The lowest BCUT2D eigenvalue weighted by Gasteiger charge is -2.18. The van der Waals surface area contributed by atoms with Gasteiger partial charge in [-0.05, 0) is 24.3 Å². The summed E-state index contributed by atoms with van der Waals surface area (Å²) in [6.07, 6.45) is 0. The maximum Gasteiger partial charge on any atom is 0.387 e. The van der Waals surface area contributed by atoms with Crippen molar-refractivity contribution < 1.29 is 27.8 Å². The number of hydrogen-bond acceptors (Lipinski definition) is 4. The lowest BCUT2D eigenvalue weighted by atomic mass is 10.2. The fourth-order valence-corrected chi connectivity index (χ4v) is 2.24. The first kappa shape index (κ1) is 19.2. The van der Waals surface area contributed by atoms with Crippen LogP contribution in [0.5, 0.6) is 11.5 Å². The van der Waals surface area contributed by atoms with Gasteiger partial charge in [0.05, 0.1) is 19.2 Å². The second-order valence-corrected chi connectivity index (χ2v) is 5.32. The van der Waals surface area contributed by atoms with Gasteiger partial charge in [-0.2, -0.15) is 8.78 Å². The Morgan fingerprint density at radius 3 is 2.58 bits per heavy atom. The van der Waals surface area contributed by atoms with E-state index in [-0.39, 0.29) is 17.9 Å². The van der Waals surface area contributed by atoms with Crippen molar-refractivity contribution in [3.05, 3.63) is 54.1 Å². The van der Waals surface area contributed by atoms with E-state index >= 15 is 0 Å². The summed E-state index contributed by atoms with van der Waals surface area (Å²) in [5.41, 5.74) is 0.459. The van der Waals surface area contributed by atoms with Gasteiger partial charge in [-0.25, -0.2) is 0 Å². The monoisotopic (exact) mass is 364 g/mol. The largest absolute Gasteiger partial charge is 0.497 e. The van der Waals surface area contributed by atoms with Gasteiger partial charge in [0, 0.05) is 18.8 Å². The third-order valence-electron chi connectivity index (χ3n) is 3.41. The molecule has 1 N–H and O–H groups in total. The summed E-state index contributed by atoms with van der Waals surface area (Å²) in [6.45, 7) is -3.32. The fraction of sp³-hybridized carbons (Fsp3) is 0.222. The molecule has 0 aliphatic carbocycles. The summed E-state index contributed by atoms with van der Waals surface area (Å²) >= 11 is 0. The Hall–Kier alpha value is -3.16. The van der Waals surface area contributed by atoms with Crippen LogP contribution in [0.2, 0.25) is 0 Å². The van der Waals surface area contributed by atoms with Crippen LogP contribution in [0.1, 0.15) is 10.4 Å². The van der Waals surface area contributed by atoms with Crippen molar-refractivity contribution in [2.45, 2.75) is 6.61 Å². The van der Waals surface area contributed by atoms with E-state index in [1.54, 1.807) is 24.3 Å². The predicted octanol–water partition coefficient (Wildman–Crippen LogP) is 3.01. The highest BCUT2D eigenvalue weighted by atomic mass is 19.3. The Kier molecular flexibility index (Phi) is 6.48. The number of alkyl halides is 2. The van der Waals surface area contributed by atoms with E-state index in [0.29, 0.717) is 11.4 Å². The number of nitrogens with zero attached hydrogens (tertiary/aromatic N) is 1. The molecule has 0 aliphatic heterocycles. The highest BCUT2D eigenvalue weighted by Crippen LogP contribution is 2.22. The van der Waals surface area contributed by atoms with Crippen molar-refractivity contribution in [1.82, 2.24) is 4.90 Å². The van der Waals surface area contributed by atoms with E-state index in [9.17, 15) is 18.4 Å². The third kappa shape index (κ3) is 5.17. The minimum absolute atomic E-state index is 0.0514. The molecule has 2 rings (SSSR count). The number of benzene rings is 2. The summed E-state index contributed by atoms with van der Waals surface area (Å²) in [7, 11) is 2.90. The maximum atomic E-state index is 12.5. The maximum absolute atomic E-state index is 12.5. The number of halogens is 2. The molecule has 8 heteroatoms. The van der Waals surface area contributed by atoms with Gasteiger partial charge in [0.15, 0.2) is 0 Å². The van der Waals surface area contributed by atoms with E-state index in [4.69, 9.17) is 4.74 Å². The Balaban J connectivity index is 2.03.